The second-order valence-electron chi connectivity index (χ2n) is 5.81. The Balaban J connectivity index is 0.00000227. The van der Waals surface area contributed by atoms with Gasteiger partial charge < -0.3 is 4.74 Å². The summed E-state index contributed by atoms with van der Waals surface area (Å²) in [7, 11) is 0. The third-order valence-electron chi connectivity index (χ3n) is 3.53. The summed E-state index contributed by atoms with van der Waals surface area (Å²) in [5.41, 5.74) is 0.822. The van der Waals surface area contributed by atoms with Gasteiger partial charge in [-0.1, -0.05) is 46.4 Å². The van der Waals surface area contributed by atoms with Crippen molar-refractivity contribution in [1.82, 2.24) is 9.55 Å². The number of aromatic nitrogens is 2. The van der Waals surface area contributed by atoms with E-state index in [0.717, 1.165) is 0 Å². The zero-order chi connectivity index (χ0) is 24.9. The molecule has 0 saturated heterocycles. The fourth-order valence-corrected chi connectivity index (χ4v) is 3.10. The number of rotatable bonds is 7. The predicted octanol–water partition coefficient (Wildman–Crippen LogP) is 6.25. The fourth-order valence-electron chi connectivity index (χ4n) is 2.32. The number of ketones is 1. The summed E-state index contributed by atoms with van der Waals surface area (Å²) in [6.45, 7) is 11.6. The number of allylic oxidation sites excluding steroid dienone is 1. The maximum absolute atomic E-state index is 13.0. The molecular weight excluding hydrogens is 441 g/mol. The summed E-state index contributed by atoms with van der Waals surface area (Å²) < 4.78 is 42.9. The molecule has 5 nitrogen and oxygen atoms in total. The van der Waals surface area contributed by atoms with Crippen molar-refractivity contribution in [3.05, 3.63) is 52.0 Å². The van der Waals surface area contributed by atoms with Gasteiger partial charge in [-0.3, -0.25) is 14.2 Å². The highest BCUT2D eigenvalue weighted by molar-refractivity contribution is 7.99. The van der Waals surface area contributed by atoms with E-state index in [1.807, 2.05) is 34.6 Å². The molecule has 0 fully saturated rings. The Hall–Kier alpha value is -2.55. The molecule has 0 saturated carbocycles. The van der Waals surface area contributed by atoms with Gasteiger partial charge in [-0.2, -0.15) is 13.2 Å². The third-order valence-corrected chi connectivity index (χ3v) is 4.35. The molecule has 1 aromatic heterocycles. The minimum atomic E-state index is -4.43. The van der Waals surface area contributed by atoms with Crippen LogP contribution in [0.2, 0.25) is 0 Å². The van der Waals surface area contributed by atoms with Crippen molar-refractivity contribution in [2.45, 2.75) is 59.8 Å². The first-order chi connectivity index (χ1) is 15.1. The largest absolute Gasteiger partial charge is 0.484 e. The van der Waals surface area contributed by atoms with Gasteiger partial charge in [0, 0.05) is 0 Å². The standard InChI is InChI=1S/C19H19F3N2O3S.2C2H6/c1-4-28-18-23-13(3)16(10-5-12(2)25)17(26)24(18)14-6-8-15(9-7-14)27-11-19(20,21)22;2*1-2/h5-10H,4,11H2,1-3H3;2*1-2H3/b10-5-;;. The van der Waals surface area contributed by atoms with Crippen LogP contribution in [0.25, 0.3) is 11.8 Å². The Morgan fingerprint density at radius 1 is 1.16 bits per heavy atom. The monoisotopic (exact) mass is 472 g/mol. The van der Waals surface area contributed by atoms with Crippen molar-refractivity contribution < 1.29 is 22.7 Å². The van der Waals surface area contributed by atoms with Gasteiger partial charge in [-0.15, -0.1) is 0 Å². The normalized spacial score (nSPS) is 10.7. The van der Waals surface area contributed by atoms with Crippen LogP contribution in [0.5, 0.6) is 5.75 Å². The van der Waals surface area contributed by atoms with Crippen LogP contribution >= 0.6 is 11.8 Å². The molecule has 0 N–H and O–H groups in total. The topological polar surface area (TPSA) is 61.2 Å². The van der Waals surface area contributed by atoms with Gasteiger partial charge in [-0.25, -0.2) is 4.98 Å². The smallest absolute Gasteiger partial charge is 0.422 e. The lowest BCUT2D eigenvalue weighted by Gasteiger charge is -2.15. The molecule has 32 heavy (non-hydrogen) atoms. The van der Waals surface area contributed by atoms with E-state index < -0.39 is 12.8 Å². The summed E-state index contributed by atoms with van der Waals surface area (Å²) in [6.07, 6.45) is -1.72. The van der Waals surface area contributed by atoms with E-state index >= 15 is 0 Å². The van der Waals surface area contributed by atoms with Gasteiger partial charge >= 0.3 is 6.18 Å². The average Bonchev–Trinajstić information content (AvgIpc) is 2.75. The molecule has 0 aliphatic heterocycles. The van der Waals surface area contributed by atoms with Crippen LogP contribution in [-0.2, 0) is 4.79 Å². The van der Waals surface area contributed by atoms with E-state index in [0.29, 0.717) is 22.3 Å². The van der Waals surface area contributed by atoms with Gasteiger partial charge in [0.05, 0.1) is 16.9 Å². The number of aryl methyl sites for hydroxylation is 1. The number of hydrogen-bond donors (Lipinski definition) is 0. The van der Waals surface area contributed by atoms with Crippen LogP contribution in [0.1, 0.15) is 52.8 Å². The summed E-state index contributed by atoms with van der Waals surface area (Å²) >= 11 is 1.36. The Labute approximate surface area is 191 Å². The second kappa shape index (κ2) is 14.5. The quantitative estimate of drug-likeness (QED) is 0.271. The highest BCUT2D eigenvalue weighted by Gasteiger charge is 2.28. The lowest BCUT2D eigenvalue weighted by atomic mass is 10.2. The van der Waals surface area contributed by atoms with Crippen molar-refractivity contribution in [2.75, 3.05) is 12.4 Å². The van der Waals surface area contributed by atoms with Gasteiger partial charge in [0.1, 0.15) is 5.75 Å². The molecule has 0 amide bonds. The first-order valence-corrected chi connectivity index (χ1v) is 11.4. The molecule has 2 aromatic rings. The number of carbonyl (C=O) groups excluding carboxylic acids is 1. The highest BCUT2D eigenvalue weighted by Crippen LogP contribution is 2.23. The number of thioether (sulfide) groups is 1. The Morgan fingerprint density at radius 2 is 1.72 bits per heavy atom. The SMILES string of the molecule is CC.CC.CCSc1nc(C)c(/C=C\C(C)=O)c(=O)n1-c1ccc(OCC(F)(F)F)cc1. The van der Waals surface area contributed by atoms with Crippen LogP contribution in [-0.4, -0.2) is 33.9 Å². The van der Waals surface area contributed by atoms with Crippen molar-refractivity contribution >= 4 is 23.6 Å². The lowest BCUT2D eigenvalue weighted by molar-refractivity contribution is -0.153. The average molecular weight is 473 g/mol. The van der Waals surface area contributed by atoms with Gasteiger partial charge in [0.2, 0.25) is 0 Å². The van der Waals surface area contributed by atoms with Crippen LogP contribution in [0, 0.1) is 6.92 Å². The maximum atomic E-state index is 13.0. The zero-order valence-electron chi connectivity index (χ0n) is 19.5. The van der Waals surface area contributed by atoms with E-state index in [4.69, 9.17) is 4.74 Å². The number of halogens is 3. The molecule has 9 heteroatoms. The molecule has 0 spiro atoms. The minimum absolute atomic E-state index is 0.0376. The molecule has 1 aromatic carbocycles. The second-order valence-corrected chi connectivity index (χ2v) is 7.04. The van der Waals surface area contributed by atoms with Crippen LogP contribution < -0.4 is 10.3 Å². The van der Waals surface area contributed by atoms with E-state index in [1.165, 1.54) is 59.7 Å². The zero-order valence-corrected chi connectivity index (χ0v) is 20.4. The van der Waals surface area contributed by atoms with Crippen molar-refractivity contribution in [2.24, 2.45) is 0 Å². The molecule has 0 unspecified atom stereocenters. The number of benzene rings is 1. The highest BCUT2D eigenvalue weighted by atomic mass is 32.2. The molecule has 0 atom stereocenters. The number of nitrogens with zero attached hydrogens (tertiary/aromatic N) is 2. The van der Waals surface area contributed by atoms with Gasteiger partial charge in [0.15, 0.2) is 17.5 Å². The van der Waals surface area contributed by atoms with Gasteiger partial charge in [-0.05, 0) is 56.0 Å². The molecule has 1 heterocycles. The first-order valence-electron chi connectivity index (χ1n) is 10.4. The van der Waals surface area contributed by atoms with Crippen LogP contribution in [0.4, 0.5) is 13.2 Å². The fraction of sp³-hybridized carbons (Fsp3) is 0.435. The first kappa shape index (κ1) is 29.5. The maximum Gasteiger partial charge on any atom is 0.422 e. The molecule has 0 radical (unpaired) electrons. The Bertz CT molecular complexity index is 937. The lowest BCUT2D eigenvalue weighted by Crippen LogP contribution is -2.25. The van der Waals surface area contributed by atoms with E-state index in [9.17, 15) is 22.8 Å². The predicted molar refractivity (Wildman–Crippen MR) is 125 cm³/mol. The number of alkyl halides is 3. The molecule has 0 aliphatic carbocycles. The molecule has 2 rings (SSSR count). The molecule has 0 bridgehead atoms. The Kier molecular flexibility index (Phi) is 13.3. The third kappa shape index (κ3) is 9.30. The van der Waals surface area contributed by atoms with Gasteiger partial charge in [0.25, 0.3) is 5.56 Å². The van der Waals surface area contributed by atoms with Crippen molar-refractivity contribution in [3.63, 3.8) is 0 Å². The summed E-state index contributed by atoms with van der Waals surface area (Å²) in [4.78, 5) is 28.7. The summed E-state index contributed by atoms with van der Waals surface area (Å²) in [5, 5.41) is 0.453. The van der Waals surface area contributed by atoms with Crippen LogP contribution in [0.3, 0.4) is 0 Å². The summed E-state index contributed by atoms with van der Waals surface area (Å²) in [6, 6.07) is 5.70. The minimum Gasteiger partial charge on any atom is -0.484 e. The number of carbonyl (C=O) groups is 1. The molecular formula is C23H31F3N2O3S. The molecule has 178 valence electrons. The van der Waals surface area contributed by atoms with Crippen molar-refractivity contribution in [3.8, 4) is 11.4 Å². The Morgan fingerprint density at radius 3 is 2.19 bits per heavy atom. The van der Waals surface area contributed by atoms with E-state index in [-0.39, 0.29) is 22.7 Å². The molecule has 0 aliphatic rings. The number of hydrogen-bond acceptors (Lipinski definition) is 5. The number of ether oxygens (including phenoxy) is 1. The van der Waals surface area contributed by atoms with E-state index in [2.05, 4.69) is 4.98 Å². The van der Waals surface area contributed by atoms with Crippen LogP contribution in [0.15, 0.2) is 40.3 Å². The summed E-state index contributed by atoms with van der Waals surface area (Å²) in [5.74, 6) is 0.500. The van der Waals surface area contributed by atoms with E-state index in [1.54, 1.807) is 6.92 Å². The van der Waals surface area contributed by atoms with Crippen molar-refractivity contribution in [1.29, 1.82) is 0 Å².